The van der Waals surface area contributed by atoms with Crippen LogP contribution in [0.1, 0.15) is 29.8 Å². The summed E-state index contributed by atoms with van der Waals surface area (Å²) < 4.78 is 32.5. The first kappa shape index (κ1) is 23.7. The molecule has 5 rings (SSSR count). The number of ether oxygens (including phenoxy) is 3. The number of rotatable bonds is 7. The number of nitrogens with zero attached hydrogens (tertiary/aromatic N) is 2. The fourth-order valence-electron chi connectivity index (χ4n) is 4.22. The molecule has 0 bridgehead atoms. The molecule has 0 amide bonds. The molecule has 1 aliphatic rings. The van der Waals surface area contributed by atoms with E-state index in [-0.39, 0.29) is 23.5 Å². The molecule has 2 N–H and O–H groups in total. The van der Waals surface area contributed by atoms with Gasteiger partial charge < -0.3 is 19.9 Å². The maximum atomic E-state index is 13.6. The average Bonchev–Trinajstić information content (AvgIpc) is 3.42. The van der Waals surface area contributed by atoms with Gasteiger partial charge in [0.05, 0.1) is 17.9 Å². The van der Waals surface area contributed by atoms with Crippen LogP contribution in [0, 0.1) is 5.82 Å². The highest BCUT2D eigenvalue weighted by Gasteiger charge is 2.33. The second-order valence-electron chi connectivity index (χ2n) is 9.00. The fraction of sp³-hybridized carbons (Fsp3) is 0.214. The molecule has 3 heterocycles. The second-order valence-corrected chi connectivity index (χ2v) is 9.00. The number of benzene rings is 2. The van der Waals surface area contributed by atoms with E-state index in [0.29, 0.717) is 41.5 Å². The van der Waals surface area contributed by atoms with Gasteiger partial charge in [0.25, 0.3) is 0 Å². The Kier molecular flexibility index (Phi) is 6.30. The summed E-state index contributed by atoms with van der Waals surface area (Å²) in [5, 5.41) is 0. The molecule has 0 unspecified atom stereocenters. The summed E-state index contributed by atoms with van der Waals surface area (Å²) in [5.74, 6) is -0.467. The first-order valence-corrected chi connectivity index (χ1v) is 11.6. The number of carbonyl (C=O) groups is 1. The van der Waals surface area contributed by atoms with Crippen LogP contribution >= 0.6 is 0 Å². The fourth-order valence-corrected chi connectivity index (χ4v) is 4.22. The van der Waals surface area contributed by atoms with Crippen molar-refractivity contribution in [1.29, 1.82) is 0 Å². The van der Waals surface area contributed by atoms with Crippen LogP contribution in [-0.4, -0.2) is 40.4 Å². The minimum atomic E-state index is -0.632. The molecule has 1 atom stereocenters. The van der Waals surface area contributed by atoms with Gasteiger partial charge in [0.1, 0.15) is 30.1 Å². The van der Waals surface area contributed by atoms with Crippen LogP contribution in [0.15, 0.2) is 79.1 Å². The van der Waals surface area contributed by atoms with Crippen molar-refractivity contribution in [1.82, 2.24) is 9.55 Å². The minimum Gasteiger partial charge on any atom is -0.491 e. The van der Waals surface area contributed by atoms with Gasteiger partial charge in [-0.3, -0.25) is 14.3 Å². The molecule has 1 aliphatic heterocycles. The summed E-state index contributed by atoms with van der Waals surface area (Å²) in [6.07, 6.45) is 3.16. The Morgan fingerprint density at radius 1 is 1.17 bits per heavy atom. The summed E-state index contributed by atoms with van der Waals surface area (Å²) in [7, 11) is 0. The van der Waals surface area contributed by atoms with E-state index in [9.17, 15) is 9.18 Å². The number of aromatic nitrogens is 2. The summed E-state index contributed by atoms with van der Waals surface area (Å²) in [6, 6.07) is 18.3. The van der Waals surface area contributed by atoms with Gasteiger partial charge in [-0.15, -0.1) is 0 Å². The first-order valence-electron chi connectivity index (χ1n) is 11.6. The van der Waals surface area contributed by atoms with Crippen molar-refractivity contribution < 1.29 is 23.4 Å². The van der Waals surface area contributed by atoms with Crippen molar-refractivity contribution in [3.8, 4) is 22.7 Å². The smallest absolute Gasteiger partial charge is 0.196 e. The number of anilines is 1. The normalized spacial score (nSPS) is 16.7. The number of hydrogen-bond acceptors (Lipinski definition) is 6. The Hall–Kier alpha value is -4.01. The van der Waals surface area contributed by atoms with Gasteiger partial charge in [-0.1, -0.05) is 12.1 Å². The molecule has 1 saturated heterocycles. The van der Waals surface area contributed by atoms with E-state index in [2.05, 4.69) is 4.98 Å². The summed E-state index contributed by atoms with van der Waals surface area (Å²) >= 11 is 0. The lowest BCUT2D eigenvalue weighted by molar-refractivity contribution is -0.141. The van der Waals surface area contributed by atoms with Crippen LogP contribution in [-0.2, 0) is 9.47 Å². The molecule has 0 saturated carbocycles. The quantitative estimate of drug-likeness (QED) is 0.368. The van der Waals surface area contributed by atoms with Gasteiger partial charge in [0.15, 0.2) is 11.6 Å². The van der Waals surface area contributed by atoms with Crippen molar-refractivity contribution in [3.05, 3.63) is 96.1 Å². The Labute approximate surface area is 208 Å². The molecule has 2 aromatic heterocycles. The highest BCUT2D eigenvalue weighted by atomic mass is 19.1. The van der Waals surface area contributed by atoms with E-state index < -0.39 is 5.79 Å². The monoisotopic (exact) mass is 487 g/mol. The van der Waals surface area contributed by atoms with Crippen molar-refractivity contribution >= 4 is 11.6 Å². The van der Waals surface area contributed by atoms with E-state index in [4.69, 9.17) is 19.9 Å². The van der Waals surface area contributed by atoms with Crippen LogP contribution in [0.25, 0.3) is 16.9 Å². The third-order valence-electron chi connectivity index (χ3n) is 5.92. The maximum Gasteiger partial charge on any atom is 0.196 e. The number of carbonyl (C=O) groups excluding carboxylic acids is 1. The lowest BCUT2D eigenvalue weighted by Crippen LogP contribution is -2.25. The Balaban J connectivity index is 1.46. The predicted molar refractivity (Wildman–Crippen MR) is 134 cm³/mol. The van der Waals surface area contributed by atoms with Gasteiger partial charge in [0.2, 0.25) is 0 Å². The van der Waals surface area contributed by atoms with Crippen molar-refractivity contribution in [2.75, 3.05) is 18.9 Å². The molecule has 8 heteroatoms. The number of pyridine rings is 1. The van der Waals surface area contributed by atoms with E-state index in [0.717, 1.165) is 5.56 Å². The molecular formula is C28H26FN3O4. The third-order valence-corrected chi connectivity index (χ3v) is 5.92. The van der Waals surface area contributed by atoms with Crippen molar-refractivity contribution in [3.63, 3.8) is 0 Å². The number of nitrogen functional groups attached to an aromatic ring is 1. The number of nitrogens with two attached hydrogens (primary N) is 1. The summed E-state index contributed by atoms with van der Waals surface area (Å²) in [4.78, 5) is 17.8. The maximum absolute atomic E-state index is 13.6. The second kappa shape index (κ2) is 9.56. The van der Waals surface area contributed by atoms with E-state index in [1.807, 2.05) is 19.9 Å². The lowest BCUT2D eigenvalue weighted by atomic mass is 10.0. The SMILES string of the molecule is CC1(C)OC[C@H](COc2cccc(C(=O)c3cc(-c4cccnc4)n(-c4ccc(F)cc4)c3N)c2)O1. The van der Waals surface area contributed by atoms with Crippen LogP contribution < -0.4 is 10.5 Å². The van der Waals surface area contributed by atoms with Gasteiger partial charge >= 0.3 is 0 Å². The minimum absolute atomic E-state index is 0.193. The Morgan fingerprint density at radius 3 is 2.67 bits per heavy atom. The molecule has 0 radical (unpaired) electrons. The summed E-state index contributed by atoms with van der Waals surface area (Å²) in [6.45, 7) is 4.45. The predicted octanol–water partition coefficient (Wildman–Crippen LogP) is 5.02. The summed E-state index contributed by atoms with van der Waals surface area (Å²) in [5.41, 5.74) is 9.34. The molecule has 1 fully saturated rings. The van der Waals surface area contributed by atoms with Crippen molar-refractivity contribution in [2.24, 2.45) is 0 Å². The van der Waals surface area contributed by atoms with Crippen molar-refractivity contribution in [2.45, 2.75) is 25.7 Å². The average molecular weight is 488 g/mol. The molecule has 184 valence electrons. The van der Waals surface area contributed by atoms with Gasteiger partial charge in [0, 0.05) is 29.2 Å². The Bertz CT molecular complexity index is 1380. The Morgan fingerprint density at radius 2 is 1.97 bits per heavy atom. The van der Waals surface area contributed by atoms with Gasteiger partial charge in [-0.2, -0.15) is 0 Å². The van der Waals surface area contributed by atoms with Crippen LogP contribution in [0.2, 0.25) is 0 Å². The number of hydrogen-bond donors (Lipinski definition) is 1. The molecule has 4 aromatic rings. The first-order chi connectivity index (χ1) is 17.3. The lowest BCUT2D eigenvalue weighted by Gasteiger charge is -2.17. The molecule has 7 nitrogen and oxygen atoms in total. The molecule has 0 spiro atoms. The third kappa shape index (κ3) is 4.86. The zero-order chi connectivity index (χ0) is 25.3. The molecule has 36 heavy (non-hydrogen) atoms. The van der Waals surface area contributed by atoms with E-state index in [1.54, 1.807) is 65.5 Å². The van der Waals surface area contributed by atoms with Gasteiger partial charge in [-0.25, -0.2) is 4.39 Å². The zero-order valence-electron chi connectivity index (χ0n) is 20.0. The standard InChI is InChI=1S/C28H26FN3O4/c1-28(2)35-17-23(36-28)16-34-22-7-3-5-18(13-22)26(33)24-14-25(19-6-4-12-31-15-19)32(27(24)30)21-10-8-20(29)9-11-21/h3-15,23H,16-17,30H2,1-2H3/t23-/m0/s1. The van der Waals surface area contributed by atoms with Gasteiger partial charge in [-0.05, 0) is 68.4 Å². The molecular weight excluding hydrogens is 461 g/mol. The highest BCUT2D eigenvalue weighted by Crippen LogP contribution is 2.33. The largest absolute Gasteiger partial charge is 0.491 e. The number of halogens is 1. The van der Waals surface area contributed by atoms with Crippen LogP contribution in [0.3, 0.4) is 0 Å². The van der Waals surface area contributed by atoms with E-state index >= 15 is 0 Å². The topological polar surface area (TPSA) is 88.6 Å². The van der Waals surface area contributed by atoms with Crippen LogP contribution in [0.5, 0.6) is 5.75 Å². The highest BCUT2D eigenvalue weighted by molar-refractivity contribution is 6.13. The molecule has 2 aromatic carbocycles. The number of ketones is 1. The van der Waals surface area contributed by atoms with E-state index in [1.165, 1.54) is 12.1 Å². The molecule has 0 aliphatic carbocycles. The zero-order valence-corrected chi connectivity index (χ0v) is 20.0. The van der Waals surface area contributed by atoms with Crippen LogP contribution in [0.4, 0.5) is 10.2 Å².